The van der Waals surface area contributed by atoms with Gasteiger partial charge in [0.15, 0.2) is 0 Å². The van der Waals surface area contributed by atoms with E-state index in [1.165, 1.54) is 30.4 Å². The topological polar surface area (TPSA) is 0 Å². The second-order valence-corrected chi connectivity index (χ2v) is 3.74. The molecule has 0 aliphatic carbocycles. The molecule has 0 radical (unpaired) electrons. The van der Waals surface area contributed by atoms with Gasteiger partial charge in [0.25, 0.3) is 0 Å². The summed E-state index contributed by atoms with van der Waals surface area (Å²) in [6.45, 7) is 4.41. The molecule has 0 bridgehead atoms. The van der Waals surface area contributed by atoms with Gasteiger partial charge in [-0.2, -0.15) is 0 Å². The third kappa shape index (κ3) is 3.78. The van der Waals surface area contributed by atoms with Gasteiger partial charge in [-0.25, -0.2) is 0 Å². The van der Waals surface area contributed by atoms with Crippen molar-refractivity contribution in [1.29, 1.82) is 0 Å². The Morgan fingerprint density at radius 2 is 1.93 bits per heavy atom. The maximum absolute atomic E-state index is 2.30. The third-order valence-corrected chi connectivity index (χ3v) is 2.49. The van der Waals surface area contributed by atoms with E-state index >= 15 is 0 Å². The molecule has 0 N–H and O–H groups in total. The van der Waals surface area contributed by atoms with Crippen molar-refractivity contribution in [3.8, 4) is 0 Å². The Labute approximate surface area is 87.7 Å². The van der Waals surface area contributed by atoms with Crippen molar-refractivity contribution >= 4 is 0 Å². The Hall–Kier alpha value is -1.04. The minimum atomic E-state index is 1.08. The second kappa shape index (κ2) is 6.42. The monoisotopic (exact) mass is 188 g/mol. The summed E-state index contributed by atoms with van der Waals surface area (Å²) in [6.07, 6.45) is 9.49. The molecule has 1 aromatic rings. The number of hydrogen-bond donors (Lipinski definition) is 0. The Morgan fingerprint density at radius 3 is 2.64 bits per heavy atom. The van der Waals surface area contributed by atoms with Crippen molar-refractivity contribution in [1.82, 2.24) is 0 Å². The molecule has 0 spiro atoms. The predicted octanol–water partition coefficient (Wildman–Crippen LogP) is 4.28. The molecule has 0 aliphatic rings. The maximum atomic E-state index is 2.30. The van der Waals surface area contributed by atoms with Gasteiger partial charge in [-0.05, 0) is 30.9 Å². The van der Waals surface area contributed by atoms with Crippen LogP contribution in [0.2, 0.25) is 0 Å². The number of hydrogen-bond acceptors (Lipinski definition) is 0. The number of benzene rings is 1. The molecular weight excluding hydrogens is 168 g/mol. The molecule has 0 unspecified atom stereocenters. The highest BCUT2D eigenvalue weighted by Crippen LogP contribution is 2.08. The zero-order valence-corrected chi connectivity index (χ0v) is 9.29. The molecule has 1 rings (SSSR count). The van der Waals surface area contributed by atoms with Gasteiger partial charge in [0.1, 0.15) is 0 Å². The summed E-state index contributed by atoms with van der Waals surface area (Å²) in [5, 5.41) is 0. The number of allylic oxidation sites excluding steroid dienone is 2. The van der Waals surface area contributed by atoms with Gasteiger partial charge in [0.05, 0.1) is 0 Å². The van der Waals surface area contributed by atoms with E-state index in [1.54, 1.807) is 0 Å². The largest absolute Gasteiger partial charge is 0.0882 e. The van der Waals surface area contributed by atoms with Crippen LogP contribution in [0.4, 0.5) is 0 Å². The molecule has 0 heteroatoms. The fourth-order valence-corrected chi connectivity index (χ4v) is 1.49. The Kier molecular flexibility index (Phi) is 5.06. The lowest BCUT2D eigenvalue weighted by molar-refractivity contribution is 0.813. The Bertz CT molecular complexity index is 284. The van der Waals surface area contributed by atoms with Crippen LogP contribution in [0.25, 0.3) is 0 Å². The summed E-state index contributed by atoms with van der Waals surface area (Å²) in [5.41, 5.74) is 2.84. The molecule has 0 fully saturated rings. The van der Waals surface area contributed by atoms with Crippen LogP contribution in [0.3, 0.4) is 0 Å². The van der Waals surface area contributed by atoms with Gasteiger partial charge in [0, 0.05) is 0 Å². The van der Waals surface area contributed by atoms with Crippen molar-refractivity contribution in [2.75, 3.05) is 0 Å². The van der Waals surface area contributed by atoms with Gasteiger partial charge < -0.3 is 0 Å². The molecule has 76 valence electrons. The maximum Gasteiger partial charge on any atom is -0.00948 e. The molecule has 0 nitrogen and oxygen atoms in total. The zero-order chi connectivity index (χ0) is 10.2. The van der Waals surface area contributed by atoms with Crippen molar-refractivity contribution in [2.45, 2.75) is 39.5 Å². The van der Waals surface area contributed by atoms with Crippen molar-refractivity contribution < 1.29 is 0 Å². The van der Waals surface area contributed by atoms with E-state index in [1.807, 2.05) is 0 Å². The van der Waals surface area contributed by atoms with Gasteiger partial charge in [-0.3, -0.25) is 0 Å². The second-order valence-electron chi connectivity index (χ2n) is 3.74. The average molecular weight is 188 g/mol. The van der Waals surface area contributed by atoms with Crippen molar-refractivity contribution in [2.24, 2.45) is 0 Å². The molecule has 0 saturated heterocycles. The van der Waals surface area contributed by atoms with Gasteiger partial charge in [0.2, 0.25) is 0 Å². The van der Waals surface area contributed by atoms with Crippen LogP contribution in [-0.2, 0) is 6.42 Å². The number of unbranched alkanes of at least 4 members (excludes halogenated alkanes) is 2. The van der Waals surface area contributed by atoms with Gasteiger partial charge in [-0.1, -0.05) is 56.2 Å². The SMILES string of the molecule is CCCC/C=C/Cc1ccccc1C. The molecule has 0 amide bonds. The minimum absolute atomic E-state index is 1.08. The minimum Gasteiger partial charge on any atom is -0.0882 e. The fraction of sp³-hybridized carbons (Fsp3) is 0.429. The average Bonchev–Trinajstić information content (AvgIpc) is 2.20. The van der Waals surface area contributed by atoms with Crippen LogP contribution in [-0.4, -0.2) is 0 Å². The molecule has 14 heavy (non-hydrogen) atoms. The number of aryl methyl sites for hydroxylation is 1. The van der Waals surface area contributed by atoms with E-state index in [-0.39, 0.29) is 0 Å². The number of rotatable bonds is 5. The quantitative estimate of drug-likeness (QED) is 0.478. The smallest absolute Gasteiger partial charge is 0.00948 e. The first-order valence-corrected chi connectivity index (χ1v) is 5.54. The summed E-state index contributed by atoms with van der Waals surface area (Å²) < 4.78 is 0. The van der Waals surface area contributed by atoms with Crippen LogP contribution < -0.4 is 0 Å². The van der Waals surface area contributed by atoms with E-state index in [2.05, 4.69) is 50.3 Å². The summed E-state index contributed by atoms with van der Waals surface area (Å²) >= 11 is 0. The summed E-state index contributed by atoms with van der Waals surface area (Å²) in [4.78, 5) is 0. The lowest BCUT2D eigenvalue weighted by Crippen LogP contribution is -1.85. The molecule has 1 aromatic carbocycles. The standard InChI is InChI=1S/C14H20/c1-3-4-5-6-7-11-14-12-9-8-10-13(14)2/h6-10,12H,3-5,11H2,1-2H3/b7-6+. The zero-order valence-electron chi connectivity index (χ0n) is 9.29. The first-order valence-electron chi connectivity index (χ1n) is 5.54. The highest BCUT2D eigenvalue weighted by molar-refractivity contribution is 5.27. The molecule has 0 aliphatic heterocycles. The molecule has 0 atom stereocenters. The fourth-order valence-electron chi connectivity index (χ4n) is 1.49. The molecular formula is C14H20. The van der Waals surface area contributed by atoms with Gasteiger partial charge >= 0.3 is 0 Å². The van der Waals surface area contributed by atoms with Crippen LogP contribution in [0.15, 0.2) is 36.4 Å². The summed E-state index contributed by atoms with van der Waals surface area (Å²) in [7, 11) is 0. The van der Waals surface area contributed by atoms with E-state index in [0.29, 0.717) is 0 Å². The Balaban J connectivity index is 2.38. The van der Waals surface area contributed by atoms with E-state index < -0.39 is 0 Å². The van der Waals surface area contributed by atoms with Crippen molar-refractivity contribution in [3.63, 3.8) is 0 Å². The normalized spacial score (nSPS) is 11.0. The van der Waals surface area contributed by atoms with E-state index in [9.17, 15) is 0 Å². The first-order chi connectivity index (χ1) is 6.84. The summed E-state index contributed by atoms with van der Waals surface area (Å²) in [6, 6.07) is 8.59. The summed E-state index contributed by atoms with van der Waals surface area (Å²) in [5.74, 6) is 0. The third-order valence-electron chi connectivity index (χ3n) is 2.49. The predicted molar refractivity (Wildman–Crippen MR) is 63.5 cm³/mol. The first kappa shape index (κ1) is 11.0. The van der Waals surface area contributed by atoms with Gasteiger partial charge in [-0.15, -0.1) is 0 Å². The van der Waals surface area contributed by atoms with Crippen molar-refractivity contribution in [3.05, 3.63) is 47.5 Å². The van der Waals surface area contributed by atoms with Crippen LogP contribution in [0, 0.1) is 6.92 Å². The lowest BCUT2D eigenvalue weighted by atomic mass is 10.1. The highest BCUT2D eigenvalue weighted by atomic mass is 14.0. The van der Waals surface area contributed by atoms with Crippen LogP contribution >= 0.6 is 0 Å². The lowest BCUT2D eigenvalue weighted by Gasteiger charge is -2.00. The van der Waals surface area contributed by atoms with Crippen LogP contribution in [0.1, 0.15) is 37.3 Å². The molecule has 0 saturated carbocycles. The highest BCUT2D eigenvalue weighted by Gasteiger charge is 1.92. The molecule has 0 heterocycles. The van der Waals surface area contributed by atoms with Crippen LogP contribution in [0.5, 0.6) is 0 Å². The Morgan fingerprint density at radius 1 is 1.14 bits per heavy atom. The molecule has 0 aromatic heterocycles. The van der Waals surface area contributed by atoms with E-state index in [0.717, 1.165) is 6.42 Å². The van der Waals surface area contributed by atoms with E-state index in [4.69, 9.17) is 0 Å².